The molecule has 0 atom stereocenters. The standard InChI is InChI=1S/C31H36F3N5O2S2/c32-31(33,34)21-11-13-22(14-12-21)36-17-5-1-4-16-35-19-28(40)38-18-15-25-24(20-38)29(41)39(26-9-2-3-10-27(26)42)30(37-25)43-23-7-6-8-23/h2-3,9-14,23,35-36,42H,1,4-8,15-20H2. The Morgan fingerprint density at radius 3 is 2.49 bits per heavy atom. The second kappa shape index (κ2) is 14.2. The summed E-state index contributed by atoms with van der Waals surface area (Å²) in [7, 11) is 0. The van der Waals surface area contributed by atoms with Crippen LogP contribution in [0.5, 0.6) is 0 Å². The van der Waals surface area contributed by atoms with Crippen LogP contribution in [-0.4, -0.2) is 51.8 Å². The van der Waals surface area contributed by atoms with Gasteiger partial charge in [0.15, 0.2) is 5.16 Å². The van der Waals surface area contributed by atoms with Gasteiger partial charge in [-0.1, -0.05) is 36.7 Å². The Labute approximate surface area is 259 Å². The van der Waals surface area contributed by atoms with E-state index in [4.69, 9.17) is 4.98 Å². The average molecular weight is 632 g/mol. The molecule has 5 rings (SSSR count). The summed E-state index contributed by atoms with van der Waals surface area (Å²) in [5.41, 5.74) is 1.91. The smallest absolute Gasteiger partial charge is 0.385 e. The first kappa shape index (κ1) is 31.5. The molecular weight excluding hydrogens is 596 g/mol. The lowest BCUT2D eigenvalue weighted by atomic mass is 10.0. The van der Waals surface area contributed by atoms with Crippen molar-refractivity contribution in [3.8, 4) is 5.69 Å². The summed E-state index contributed by atoms with van der Waals surface area (Å²) in [6.07, 6.45) is 2.28. The van der Waals surface area contributed by atoms with Crippen molar-refractivity contribution < 1.29 is 18.0 Å². The maximum absolute atomic E-state index is 13.8. The highest BCUT2D eigenvalue weighted by Gasteiger charge is 2.30. The molecule has 0 bridgehead atoms. The van der Waals surface area contributed by atoms with Crippen LogP contribution in [0.3, 0.4) is 0 Å². The number of aromatic nitrogens is 2. The number of nitrogens with zero attached hydrogens (tertiary/aromatic N) is 3. The molecule has 1 aromatic heterocycles. The molecule has 1 amide bonds. The summed E-state index contributed by atoms with van der Waals surface area (Å²) in [6, 6.07) is 12.5. The van der Waals surface area contributed by atoms with E-state index in [1.54, 1.807) is 21.2 Å². The van der Waals surface area contributed by atoms with Gasteiger partial charge in [-0.05, 0) is 68.6 Å². The minimum absolute atomic E-state index is 0.0527. The highest BCUT2D eigenvalue weighted by atomic mass is 32.2. The van der Waals surface area contributed by atoms with Gasteiger partial charge in [-0.3, -0.25) is 14.2 Å². The fourth-order valence-corrected chi connectivity index (χ4v) is 6.70. The van der Waals surface area contributed by atoms with Crippen molar-refractivity contribution in [2.75, 3.05) is 31.5 Å². The quantitative estimate of drug-likeness (QED) is 0.131. The average Bonchev–Trinajstić information content (AvgIpc) is 2.96. The number of thiol groups is 1. The van der Waals surface area contributed by atoms with E-state index in [9.17, 15) is 22.8 Å². The largest absolute Gasteiger partial charge is 0.416 e. The van der Waals surface area contributed by atoms with Gasteiger partial charge in [0.25, 0.3) is 5.56 Å². The first-order chi connectivity index (χ1) is 20.7. The number of carbonyl (C=O) groups excluding carboxylic acids is 1. The maximum Gasteiger partial charge on any atom is 0.416 e. The SMILES string of the molecule is O=C(CNCCCCCNc1ccc(C(F)(F)F)cc1)N1CCc2nc(SC3CCC3)n(-c3ccccc3S)c(=O)c2C1. The van der Waals surface area contributed by atoms with Crippen molar-refractivity contribution in [1.82, 2.24) is 19.8 Å². The van der Waals surface area contributed by atoms with Crippen LogP contribution < -0.4 is 16.2 Å². The number of hydrogen-bond donors (Lipinski definition) is 3. The lowest BCUT2D eigenvalue weighted by molar-refractivity contribution is -0.137. The molecule has 0 saturated heterocycles. The van der Waals surface area contributed by atoms with E-state index in [1.807, 2.05) is 24.3 Å². The molecule has 2 aliphatic rings. The van der Waals surface area contributed by atoms with Crippen LogP contribution in [0.25, 0.3) is 5.69 Å². The van der Waals surface area contributed by atoms with E-state index in [1.165, 1.54) is 18.6 Å². The molecule has 1 fully saturated rings. The Hall–Kier alpha value is -2.96. The van der Waals surface area contributed by atoms with Gasteiger partial charge in [-0.25, -0.2) is 4.98 Å². The molecule has 43 heavy (non-hydrogen) atoms. The van der Waals surface area contributed by atoms with Crippen LogP contribution in [0.4, 0.5) is 18.9 Å². The summed E-state index contributed by atoms with van der Waals surface area (Å²) in [5.74, 6) is -0.0527. The Morgan fingerprint density at radius 2 is 1.79 bits per heavy atom. The van der Waals surface area contributed by atoms with E-state index in [0.717, 1.165) is 49.9 Å². The van der Waals surface area contributed by atoms with E-state index < -0.39 is 11.7 Å². The van der Waals surface area contributed by atoms with Gasteiger partial charge < -0.3 is 15.5 Å². The number of halogens is 3. The number of amides is 1. The van der Waals surface area contributed by atoms with Crippen LogP contribution in [0.1, 0.15) is 55.3 Å². The predicted molar refractivity (Wildman–Crippen MR) is 166 cm³/mol. The molecule has 7 nitrogen and oxygen atoms in total. The maximum atomic E-state index is 13.8. The van der Waals surface area contributed by atoms with Gasteiger partial charge >= 0.3 is 6.18 Å². The number of hydrogen-bond acceptors (Lipinski definition) is 7. The van der Waals surface area contributed by atoms with Gasteiger partial charge in [0.2, 0.25) is 5.91 Å². The van der Waals surface area contributed by atoms with Crippen molar-refractivity contribution in [3.63, 3.8) is 0 Å². The van der Waals surface area contributed by atoms with Crippen molar-refractivity contribution in [3.05, 3.63) is 75.7 Å². The third-order valence-corrected chi connectivity index (χ3v) is 9.51. The molecule has 0 unspecified atom stereocenters. The second-order valence-electron chi connectivity index (χ2n) is 10.9. The number of anilines is 1. The molecule has 3 aromatic rings. The lowest BCUT2D eigenvalue weighted by Crippen LogP contribution is -2.44. The Bertz CT molecular complexity index is 1480. The van der Waals surface area contributed by atoms with Gasteiger partial charge in [-0.2, -0.15) is 13.2 Å². The van der Waals surface area contributed by atoms with E-state index in [0.29, 0.717) is 58.3 Å². The lowest BCUT2D eigenvalue weighted by Gasteiger charge is -2.30. The molecule has 2 heterocycles. The molecule has 1 aliphatic carbocycles. The van der Waals surface area contributed by atoms with Crippen LogP contribution in [0, 0.1) is 0 Å². The number of para-hydroxylation sites is 1. The van der Waals surface area contributed by atoms with E-state index in [2.05, 4.69) is 23.3 Å². The zero-order chi connectivity index (χ0) is 30.4. The first-order valence-corrected chi connectivity index (χ1v) is 16.0. The van der Waals surface area contributed by atoms with E-state index >= 15 is 0 Å². The third kappa shape index (κ3) is 7.96. The van der Waals surface area contributed by atoms with Gasteiger partial charge in [0, 0.05) is 35.3 Å². The summed E-state index contributed by atoms with van der Waals surface area (Å²) in [5, 5.41) is 7.51. The summed E-state index contributed by atoms with van der Waals surface area (Å²) < 4.78 is 39.7. The molecule has 1 aliphatic heterocycles. The van der Waals surface area contributed by atoms with Crippen LogP contribution >= 0.6 is 24.4 Å². The third-order valence-electron chi connectivity index (χ3n) is 7.85. The molecule has 2 N–H and O–H groups in total. The molecular formula is C31H36F3N5O2S2. The topological polar surface area (TPSA) is 79.3 Å². The van der Waals surface area contributed by atoms with Crippen LogP contribution in [0.15, 0.2) is 63.4 Å². The fourth-order valence-electron chi connectivity index (χ4n) is 5.12. The summed E-state index contributed by atoms with van der Waals surface area (Å²) in [4.78, 5) is 34.2. The number of benzene rings is 2. The zero-order valence-electron chi connectivity index (χ0n) is 23.8. The Balaban J connectivity index is 1.09. The number of nitrogens with one attached hydrogen (secondary N) is 2. The number of thioether (sulfide) groups is 1. The first-order valence-electron chi connectivity index (χ1n) is 14.7. The monoisotopic (exact) mass is 631 g/mol. The minimum atomic E-state index is -4.33. The molecule has 2 aromatic carbocycles. The highest BCUT2D eigenvalue weighted by Crippen LogP contribution is 2.37. The number of fused-ring (bicyclic) bond motifs is 1. The Morgan fingerprint density at radius 1 is 1.05 bits per heavy atom. The molecule has 0 radical (unpaired) electrons. The van der Waals surface area contributed by atoms with Gasteiger partial charge in [0.05, 0.1) is 35.6 Å². The van der Waals surface area contributed by atoms with Crippen LogP contribution in [-0.2, 0) is 23.9 Å². The highest BCUT2D eigenvalue weighted by molar-refractivity contribution is 7.99. The van der Waals surface area contributed by atoms with Crippen molar-refractivity contribution in [2.45, 2.75) is 73.0 Å². The van der Waals surface area contributed by atoms with Crippen molar-refractivity contribution in [2.24, 2.45) is 0 Å². The summed E-state index contributed by atoms with van der Waals surface area (Å²) >= 11 is 6.26. The number of rotatable bonds is 12. The van der Waals surface area contributed by atoms with Crippen molar-refractivity contribution >= 4 is 36.0 Å². The predicted octanol–water partition coefficient (Wildman–Crippen LogP) is 5.94. The number of unbranched alkanes of at least 4 members (excludes halogenated alkanes) is 2. The Kier molecular flexibility index (Phi) is 10.4. The van der Waals surface area contributed by atoms with Crippen molar-refractivity contribution in [1.29, 1.82) is 0 Å². The summed E-state index contributed by atoms with van der Waals surface area (Å²) in [6.45, 7) is 2.28. The number of alkyl halides is 3. The van der Waals surface area contributed by atoms with E-state index in [-0.39, 0.29) is 24.6 Å². The fraction of sp³-hybridized carbons (Fsp3) is 0.452. The van der Waals surface area contributed by atoms with Gasteiger partial charge in [0.1, 0.15) is 0 Å². The molecule has 230 valence electrons. The zero-order valence-corrected chi connectivity index (χ0v) is 25.5. The van der Waals surface area contributed by atoms with Gasteiger partial charge in [-0.15, -0.1) is 12.6 Å². The second-order valence-corrected chi connectivity index (χ2v) is 12.7. The molecule has 0 spiro atoms. The molecule has 12 heteroatoms. The normalized spacial score (nSPS) is 15.2. The van der Waals surface area contributed by atoms with Crippen LogP contribution in [0.2, 0.25) is 0 Å². The number of carbonyl (C=O) groups is 1. The molecule has 1 saturated carbocycles. The minimum Gasteiger partial charge on any atom is -0.385 e.